The second-order valence-electron chi connectivity index (χ2n) is 5.08. The van der Waals surface area contributed by atoms with Gasteiger partial charge in [0.25, 0.3) is 0 Å². The van der Waals surface area contributed by atoms with Crippen LogP contribution in [0.15, 0.2) is 49.1 Å². The van der Waals surface area contributed by atoms with Gasteiger partial charge in [0.15, 0.2) is 9.84 Å². The lowest BCUT2D eigenvalue weighted by Gasteiger charge is -2.25. The number of benzene rings is 1. The molecule has 1 amide bonds. The molecule has 1 heterocycles. The zero-order chi connectivity index (χ0) is 15.3. The van der Waals surface area contributed by atoms with Gasteiger partial charge in [0.1, 0.15) is 0 Å². The molecule has 1 saturated heterocycles. The van der Waals surface area contributed by atoms with Gasteiger partial charge >= 0.3 is 0 Å². The maximum Gasteiger partial charge on any atom is 0.247 e. The molecule has 1 unspecified atom stereocenters. The molecule has 112 valence electrons. The van der Waals surface area contributed by atoms with Crippen molar-refractivity contribution >= 4 is 21.8 Å². The minimum atomic E-state index is -3.01. The Morgan fingerprint density at radius 3 is 2.62 bits per heavy atom. The van der Waals surface area contributed by atoms with E-state index in [1.54, 1.807) is 17.1 Å². The molecule has 1 aromatic carbocycles. The van der Waals surface area contributed by atoms with Gasteiger partial charge in [0, 0.05) is 18.7 Å². The van der Waals surface area contributed by atoms with Crippen molar-refractivity contribution in [2.75, 3.05) is 18.1 Å². The first-order valence-electron chi connectivity index (χ1n) is 6.87. The highest BCUT2D eigenvalue weighted by molar-refractivity contribution is 7.91. The number of rotatable bonds is 5. The summed E-state index contributed by atoms with van der Waals surface area (Å²) in [7, 11) is -3.01. The molecule has 1 atom stereocenters. The Labute approximate surface area is 125 Å². The monoisotopic (exact) mass is 305 g/mol. The summed E-state index contributed by atoms with van der Waals surface area (Å²) < 4.78 is 23.1. The van der Waals surface area contributed by atoms with Gasteiger partial charge in [-0.25, -0.2) is 8.42 Å². The minimum Gasteiger partial charge on any atom is -0.331 e. The van der Waals surface area contributed by atoms with Crippen molar-refractivity contribution in [2.45, 2.75) is 12.5 Å². The molecule has 1 aliphatic heterocycles. The molecule has 0 N–H and O–H groups in total. The molecule has 4 nitrogen and oxygen atoms in total. The van der Waals surface area contributed by atoms with Crippen LogP contribution in [0.5, 0.6) is 0 Å². The Kier molecular flexibility index (Phi) is 4.96. The molecular formula is C16H19NO3S. The van der Waals surface area contributed by atoms with Crippen LogP contribution in [0.2, 0.25) is 0 Å². The Morgan fingerprint density at radius 1 is 1.33 bits per heavy atom. The van der Waals surface area contributed by atoms with Gasteiger partial charge < -0.3 is 4.90 Å². The fourth-order valence-electron chi connectivity index (χ4n) is 2.41. The molecule has 5 heteroatoms. The van der Waals surface area contributed by atoms with Crippen LogP contribution in [0.4, 0.5) is 0 Å². The topological polar surface area (TPSA) is 54.5 Å². The first-order chi connectivity index (χ1) is 10.0. The number of hydrogen-bond donors (Lipinski definition) is 0. The predicted octanol–water partition coefficient (Wildman–Crippen LogP) is 1.90. The van der Waals surface area contributed by atoms with Crippen molar-refractivity contribution in [3.63, 3.8) is 0 Å². The van der Waals surface area contributed by atoms with E-state index < -0.39 is 9.84 Å². The Hall–Kier alpha value is -1.88. The molecule has 1 aliphatic rings. The van der Waals surface area contributed by atoms with E-state index in [-0.39, 0.29) is 23.5 Å². The van der Waals surface area contributed by atoms with Crippen LogP contribution in [0.25, 0.3) is 6.08 Å². The molecule has 0 spiro atoms. The minimum absolute atomic E-state index is 0.0474. The third-order valence-electron chi connectivity index (χ3n) is 3.48. The van der Waals surface area contributed by atoms with Crippen molar-refractivity contribution < 1.29 is 13.2 Å². The van der Waals surface area contributed by atoms with Crippen molar-refractivity contribution in [1.82, 2.24) is 4.90 Å². The third-order valence-corrected chi connectivity index (χ3v) is 5.23. The van der Waals surface area contributed by atoms with E-state index in [2.05, 4.69) is 6.58 Å². The quantitative estimate of drug-likeness (QED) is 0.617. The summed E-state index contributed by atoms with van der Waals surface area (Å²) in [5.41, 5.74) is 0.934. The van der Waals surface area contributed by atoms with Crippen molar-refractivity contribution in [1.29, 1.82) is 0 Å². The third kappa shape index (κ3) is 4.29. The van der Waals surface area contributed by atoms with E-state index in [9.17, 15) is 13.2 Å². The largest absolute Gasteiger partial charge is 0.331 e. The van der Waals surface area contributed by atoms with E-state index in [1.165, 1.54) is 6.08 Å². The van der Waals surface area contributed by atoms with E-state index in [0.717, 1.165) is 5.56 Å². The zero-order valence-corrected chi connectivity index (χ0v) is 12.6. The van der Waals surface area contributed by atoms with Gasteiger partial charge in [-0.05, 0) is 18.1 Å². The summed E-state index contributed by atoms with van der Waals surface area (Å²) in [5, 5.41) is 0. The average molecular weight is 305 g/mol. The summed E-state index contributed by atoms with van der Waals surface area (Å²) >= 11 is 0. The van der Waals surface area contributed by atoms with Gasteiger partial charge in [-0.3, -0.25) is 4.79 Å². The zero-order valence-electron chi connectivity index (χ0n) is 11.8. The molecule has 0 aliphatic carbocycles. The van der Waals surface area contributed by atoms with Gasteiger partial charge in [0.2, 0.25) is 5.91 Å². The van der Waals surface area contributed by atoms with E-state index in [4.69, 9.17) is 0 Å². The van der Waals surface area contributed by atoms with Crippen molar-refractivity contribution in [2.24, 2.45) is 0 Å². The summed E-state index contributed by atoms with van der Waals surface area (Å²) in [6.07, 6.45) is 5.35. The molecule has 1 aromatic rings. The Balaban J connectivity index is 2.09. The molecule has 2 rings (SSSR count). The van der Waals surface area contributed by atoms with Crippen LogP contribution in [-0.2, 0) is 14.6 Å². The van der Waals surface area contributed by atoms with E-state index in [0.29, 0.717) is 13.0 Å². The molecule has 0 aromatic heterocycles. The molecule has 21 heavy (non-hydrogen) atoms. The Bertz CT molecular complexity index is 635. The summed E-state index contributed by atoms with van der Waals surface area (Å²) in [4.78, 5) is 13.9. The maximum absolute atomic E-state index is 12.3. The van der Waals surface area contributed by atoms with Crippen LogP contribution in [0, 0.1) is 0 Å². The van der Waals surface area contributed by atoms with Crippen LogP contribution >= 0.6 is 0 Å². The normalized spacial score (nSPS) is 20.5. The molecule has 0 saturated carbocycles. The Morgan fingerprint density at radius 2 is 2.05 bits per heavy atom. The summed E-state index contributed by atoms with van der Waals surface area (Å²) in [5.74, 6) is 0.0214. The molecule has 1 fully saturated rings. The maximum atomic E-state index is 12.3. The van der Waals surface area contributed by atoms with E-state index in [1.807, 2.05) is 30.3 Å². The second kappa shape index (κ2) is 6.72. The SMILES string of the molecule is C=CCN(C(=O)/C=C/c1ccccc1)C1CCS(=O)(=O)C1. The van der Waals surface area contributed by atoms with Crippen molar-refractivity contribution in [3.05, 3.63) is 54.6 Å². The highest BCUT2D eigenvalue weighted by Crippen LogP contribution is 2.18. The number of amides is 1. The number of hydrogen-bond acceptors (Lipinski definition) is 3. The smallest absolute Gasteiger partial charge is 0.247 e. The van der Waals surface area contributed by atoms with Crippen LogP contribution in [0.1, 0.15) is 12.0 Å². The second-order valence-corrected chi connectivity index (χ2v) is 7.31. The van der Waals surface area contributed by atoms with Gasteiger partial charge in [-0.15, -0.1) is 6.58 Å². The molecular weight excluding hydrogens is 286 g/mol. The number of carbonyl (C=O) groups is 1. The number of sulfone groups is 1. The fourth-order valence-corrected chi connectivity index (χ4v) is 4.14. The van der Waals surface area contributed by atoms with Crippen LogP contribution in [-0.4, -0.2) is 43.3 Å². The summed E-state index contributed by atoms with van der Waals surface area (Å²) in [6, 6.07) is 9.27. The average Bonchev–Trinajstić information content (AvgIpc) is 2.83. The van der Waals surface area contributed by atoms with Crippen molar-refractivity contribution in [3.8, 4) is 0 Å². The molecule has 0 bridgehead atoms. The number of nitrogens with zero attached hydrogens (tertiary/aromatic N) is 1. The first-order valence-corrected chi connectivity index (χ1v) is 8.69. The standard InChI is InChI=1S/C16H19NO3S/c1-2-11-17(15-10-12-21(19,20)13-15)16(18)9-8-14-6-4-3-5-7-14/h2-9,15H,1,10-13H2/b9-8+. The van der Waals surface area contributed by atoms with Crippen LogP contribution in [0.3, 0.4) is 0 Å². The van der Waals surface area contributed by atoms with Gasteiger partial charge in [-0.1, -0.05) is 36.4 Å². The van der Waals surface area contributed by atoms with Crippen LogP contribution < -0.4 is 0 Å². The lowest BCUT2D eigenvalue weighted by Crippen LogP contribution is -2.40. The predicted molar refractivity (Wildman–Crippen MR) is 84.4 cm³/mol. The lowest BCUT2D eigenvalue weighted by atomic mass is 10.2. The highest BCUT2D eigenvalue weighted by atomic mass is 32.2. The lowest BCUT2D eigenvalue weighted by molar-refractivity contribution is -0.127. The van der Waals surface area contributed by atoms with Gasteiger partial charge in [0.05, 0.1) is 11.5 Å². The fraction of sp³-hybridized carbons (Fsp3) is 0.312. The van der Waals surface area contributed by atoms with Gasteiger partial charge in [-0.2, -0.15) is 0 Å². The molecule has 0 radical (unpaired) electrons. The first kappa shape index (κ1) is 15.5. The number of carbonyl (C=O) groups excluding carboxylic acids is 1. The van der Waals surface area contributed by atoms with E-state index >= 15 is 0 Å². The highest BCUT2D eigenvalue weighted by Gasteiger charge is 2.33. The summed E-state index contributed by atoms with van der Waals surface area (Å²) in [6.45, 7) is 4.00.